The summed E-state index contributed by atoms with van der Waals surface area (Å²) in [4.78, 5) is 36.8. The number of aliphatic hydroxyl groups is 1. The summed E-state index contributed by atoms with van der Waals surface area (Å²) in [5.41, 5.74) is 3.19. The van der Waals surface area contributed by atoms with Gasteiger partial charge in [0, 0.05) is 23.0 Å². The number of aryl methyl sites for hydroxylation is 2. The van der Waals surface area contributed by atoms with Crippen LogP contribution in [0.25, 0.3) is 16.0 Å². The smallest absolute Gasteiger partial charge is 0.301 e. The maximum atomic E-state index is 13.4. The van der Waals surface area contributed by atoms with E-state index in [4.69, 9.17) is 16.3 Å². The lowest BCUT2D eigenvalue weighted by molar-refractivity contribution is -0.132. The number of benzene rings is 2. The first-order valence-electron chi connectivity index (χ1n) is 10.7. The highest BCUT2D eigenvalue weighted by atomic mass is 35.5. The number of methoxy groups -OCH3 is 1. The van der Waals surface area contributed by atoms with Gasteiger partial charge in [-0.2, -0.15) is 0 Å². The number of anilines is 1. The average molecular weight is 506 g/mol. The number of halogens is 1. The maximum absolute atomic E-state index is 13.4. The Morgan fingerprint density at radius 1 is 1.14 bits per heavy atom. The number of aliphatic hydroxyl groups excluding tert-OH is 1. The van der Waals surface area contributed by atoms with Crippen LogP contribution in [0.3, 0.4) is 0 Å². The van der Waals surface area contributed by atoms with Gasteiger partial charge < -0.3 is 9.84 Å². The molecule has 3 heterocycles. The lowest BCUT2D eigenvalue weighted by Gasteiger charge is -2.22. The summed E-state index contributed by atoms with van der Waals surface area (Å²) in [5, 5.41) is 12.2. The molecule has 1 unspecified atom stereocenters. The minimum atomic E-state index is -0.901. The van der Waals surface area contributed by atoms with Crippen molar-refractivity contribution in [1.29, 1.82) is 0 Å². The number of aromatic nitrogens is 2. The summed E-state index contributed by atoms with van der Waals surface area (Å²) in [6, 6.07) is 11.3. The Morgan fingerprint density at radius 3 is 2.63 bits per heavy atom. The summed E-state index contributed by atoms with van der Waals surface area (Å²) in [6.07, 6.45) is 3.18. The Hall–Kier alpha value is -3.75. The van der Waals surface area contributed by atoms with Crippen molar-refractivity contribution in [1.82, 2.24) is 9.97 Å². The van der Waals surface area contributed by atoms with Crippen molar-refractivity contribution in [3.63, 3.8) is 0 Å². The number of thiazole rings is 1. The monoisotopic (exact) mass is 505 g/mol. The number of Topliss-reactive ketones (excluding diaryl/α,β-unsaturated/α-hetero) is 1. The predicted octanol–water partition coefficient (Wildman–Crippen LogP) is 5.60. The number of carbonyl (C=O) groups excluding carboxylic acids is 2. The van der Waals surface area contributed by atoms with E-state index in [9.17, 15) is 14.7 Å². The Kier molecular flexibility index (Phi) is 5.78. The number of ether oxygens (including phenoxy) is 1. The van der Waals surface area contributed by atoms with E-state index in [0.29, 0.717) is 38.1 Å². The molecule has 0 saturated carbocycles. The molecule has 176 valence electrons. The molecule has 9 heteroatoms. The van der Waals surface area contributed by atoms with Gasteiger partial charge >= 0.3 is 5.91 Å². The fourth-order valence-electron chi connectivity index (χ4n) is 4.20. The van der Waals surface area contributed by atoms with E-state index < -0.39 is 17.7 Å². The van der Waals surface area contributed by atoms with Crippen LogP contribution in [0.2, 0.25) is 5.02 Å². The molecule has 1 amide bonds. The summed E-state index contributed by atoms with van der Waals surface area (Å²) >= 11 is 7.56. The highest BCUT2D eigenvalue weighted by molar-refractivity contribution is 7.22. The standard InChI is InChI=1S/C26H20ClN3O4S/c1-13-9-16(34-3)6-7-17(13)23(31)21-22(15-5-4-8-28-12-15)30(25(33)24(21)32)26-29-19-11-18(27)14(2)10-20(19)35-26/h4-12,22,31H,1-3H3/b23-21+. The summed E-state index contributed by atoms with van der Waals surface area (Å²) in [6.45, 7) is 3.69. The number of nitrogens with zero attached hydrogens (tertiary/aromatic N) is 3. The van der Waals surface area contributed by atoms with Gasteiger partial charge in [-0.15, -0.1) is 0 Å². The zero-order valence-electron chi connectivity index (χ0n) is 19.1. The van der Waals surface area contributed by atoms with Crippen LogP contribution in [0.4, 0.5) is 5.13 Å². The van der Waals surface area contributed by atoms with Crippen molar-refractivity contribution in [3.8, 4) is 5.75 Å². The van der Waals surface area contributed by atoms with Crippen LogP contribution in [0, 0.1) is 13.8 Å². The zero-order chi connectivity index (χ0) is 24.9. The van der Waals surface area contributed by atoms with Crippen molar-refractivity contribution < 1.29 is 19.4 Å². The number of rotatable bonds is 4. The first-order valence-corrected chi connectivity index (χ1v) is 11.9. The van der Waals surface area contributed by atoms with Crippen molar-refractivity contribution >= 4 is 55.7 Å². The quantitative estimate of drug-likeness (QED) is 0.220. The van der Waals surface area contributed by atoms with Crippen LogP contribution in [0.1, 0.15) is 28.3 Å². The first kappa shape index (κ1) is 23.0. The minimum Gasteiger partial charge on any atom is -0.507 e. The molecule has 4 aromatic rings. The Morgan fingerprint density at radius 2 is 1.94 bits per heavy atom. The van der Waals surface area contributed by atoms with Gasteiger partial charge in [0.1, 0.15) is 11.5 Å². The molecule has 35 heavy (non-hydrogen) atoms. The second-order valence-electron chi connectivity index (χ2n) is 8.20. The molecule has 2 aromatic heterocycles. The Balaban J connectivity index is 1.72. The van der Waals surface area contributed by atoms with Gasteiger partial charge in [-0.1, -0.05) is 29.0 Å². The molecule has 2 aromatic carbocycles. The molecule has 1 aliphatic heterocycles. The van der Waals surface area contributed by atoms with E-state index in [-0.39, 0.29) is 11.3 Å². The van der Waals surface area contributed by atoms with Crippen molar-refractivity contribution in [2.45, 2.75) is 19.9 Å². The lowest BCUT2D eigenvalue weighted by atomic mass is 9.95. The first-order chi connectivity index (χ1) is 16.8. The van der Waals surface area contributed by atoms with E-state index in [0.717, 1.165) is 10.3 Å². The Bertz CT molecular complexity index is 1490. The van der Waals surface area contributed by atoms with Crippen molar-refractivity contribution in [2.75, 3.05) is 12.0 Å². The highest BCUT2D eigenvalue weighted by Gasteiger charge is 2.48. The highest BCUT2D eigenvalue weighted by Crippen LogP contribution is 2.45. The molecular formula is C26H20ClN3O4S. The molecular weight excluding hydrogens is 486 g/mol. The number of hydrogen-bond donors (Lipinski definition) is 1. The van der Waals surface area contributed by atoms with Gasteiger partial charge in [0.25, 0.3) is 5.78 Å². The lowest BCUT2D eigenvalue weighted by Crippen LogP contribution is -2.29. The van der Waals surface area contributed by atoms with Crippen molar-refractivity contribution in [2.24, 2.45) is 0 Å². The average Bonchev–Trinajstić information content (AvgIpc) is 3.36. The van der Waals surface area contributed by atoms with Crippen LogP contribution in [0.5, 0.6) is 5.75 Å². The van der Waals surface area contributed by atoms with E-state index in [1.54, 1.807) is 62.8 Å². The molecule has 0 spiro atoms. The van der Waals surface area contributed by atoms with Crippen molar-refractivity contribution in [3.05, 3.63) is 87.7 Å². The summed E-state index contributed by atoms with van der Waals surface area (Å²) < 4.78 is 6.09. The van der Waals surface area contributed by atoms with Crippen LogP contribution >= 0.6 is 22.9 Å². The predicted molar refractivity (Wildman–Crippen MR) is 136 cm³/mol. The molecule has 1 aliphatic rings. The number of fused-ring (bicyclic) bond motifs is 1. The fourth-order valence-corrected chi connectivity index (χ4v) is 5.43. The minimum absolute atomic E-state index is 0.0234. The normalized spacial score (nSPS) is 17.4. The van der Waals surface area contributed by atoms with Gasteiger partial charge in [0.15, 0.2) is 5.13 Å². The molecule has 5 rings (SSSR count). The van der Waals surface area contributed by atoms with Crippen LogP contribution in [-0.2, 0) is 9.59 Å². The molecule has 1 N–H and O–H groups in total. The van der Waals surface area contributed by atoms with E-state index in [2.05, 4.69) is 9.97 Å². The SMILES string of the molecule is COc1ccc(/C(O)=C2\C(=O)C(=O)N(c3nc4cc(Cl)c(C)cc4s3)C2c2cccnc2)c(C)c1. The number of ketones is 1. The van der Waals surface area contributed by atoms with E-state index >= 15 is 0 Å². The fraction of sp³-hybridized carbons (Fsp3) is 0.154. The van der Waals surface area contributed by atoms with Gasteiger partial charge in [0.05, 0.1) is 28.9 Å². The molecule has 1 atom stereocenters. The van der Waals surface area contributed by atoms with Gasteiger partial charge in [0.2, 0.25) is 0 Å². The van der Waals surface area contributed by atoms with Gasteiger partial charge in [-0.05, 0) is 66.9 Å². The number of hydrogen-bond acceptors (Lipinski definition) is 7. The maximum Gasteiger partial charge on any atom is 0.301 e. The third kappa shape index (κ3) is 3.84. The molecule has 1 fully saturated rings. The summed E-state index contributed by atoms with van der Waals surface area (Å²) in [5.74, 6) is -1.21. The number of carbonyl (C=O) groups is 2. The van der Waals surface area contributed by atoms with Crippen LogP contribution < -0.4 is 9.64 Å². The molecule has 0 radical (unpaired) electrons. The van der Waals surface area contributed by atoms with Crippen LogP contribution in [0.15, 0.2) is 60.4 Å². The van der Waals surface area contributed by atoms with Gasteiger partial charge in [-0.25, -0.2) is 4.98 Å². The third-order valence-electron chi connectivity index (χ3n) is 6.00. The number of pyridine rings is 1. The van der Waals surface area contributed by atoms with Crippen LogP contribution in [-0.4, -0.2) is 33.9 Å². The second kappa shape index (κ2) is 8.79. The zero-order valence-corrected chi connectivity index (χ0v) is 20.6. The molecule has 0 aliphatic carbocycles. The second-order valence-corrected chi connectivity index (χ2v) is 9.62. The molecule has 1 saturated heterocycles. The molecule has 0 bridgehead atoms. The third-order valence-corrected chi connectivity index (χ3v) is 7.42. The van der Waals surface area contributed by atoms with E-state index in [1.807, 2.05) is 13.0 Å². The van der Waals surface area contributed by atoms with Gasteiger partial charge in [-0.3, -0.25) is 19.5 Å². The number of amides is 1. The van der Waals surface area contributed by atoms with E-state index in [1.165, 1.54) is 16.2 Å². The topological polar surface area (TPSA) is 92.6 Å². The summed E-state index contributed by atoms with van der Waals surface area (Å²) in [7, 11) is 1.55. The largest absolute Gasteiger partial charge is 0.507 e. The molecule has 7 nitrogen and oxygen atoms in total. The Labute approximate surface area is 210 Å².